The molecule has 0 radical (unpaired) electrons. The van der Waals surface area contributed by atoms with Gasteiger partial charge in [0.2, 0.25) is 0 Å². The summed E-state index contributed by atoms with van der Waals surface area (Å²) in [4.78, 5) is 17.1. The summed E-state index contributed by atoms with van der Waals surface area (Å²) in [6, 6.07) is 7.89. The van der Waals surface area contributed by atoms with Crippen molar-refractivity contribution >= 4 is 16.6 Å². The highest BCUT2D eigenvalue weighted by molar-refractivity contribution is 6.11. The summed E-state index contributed by atoms with van der Waals surface area (Å²) in [6.07, 6.45) is 6.90. The van der Waals surface area contributed by atoms with E-state index < -0.39 is 0 Å². The molecule has 1 aliphatic carbocycles. The van der Waals surface area contributed by atoms with E-state index in [2.05, 4.69) is 25.8 Å². The molecule has 0 spiro atoms. The lowest BCUT2D eigenvalue weighted by atomic mass is 9.70. The zero-order valence-corrected chi connectivity index (χ0v) is 12.9. The fourth-order valence-corrected chi connectivity index (χ4v) is 3.49. The fraction of sp³-hybridized carbons (Fsp3) is 0.368. The number of fused-ring (bicyclic) bond motifs is 1. The second-order valence-corrected chi connectivity index (χ2v) is 6.66. The van der Waals surface area contributed by atoms with Crippen LogP contribution in [0.15, 0.2) is 47.8 Å². The lowest BCUT2D eigenvalue weighted by Crippen LogP contribution is -2.26. The highest BCUT2D eigenvalue weighted by atomic mass is 16.1. The number of ketones is 1. The largest absolute Gasteiger partial charge is 0.289 e. The third-order valence-corrected chi connectivity index (χ3v) is 4.59. The van der Waals surface area contributed by atoms with E-state index in [0.29, 0.717) is 0 Å². The van der Waals surface area contributed by atoms with Crippen LogP contribution in [0.4, 0.5) is 0 Å². The van der Waals surface area contributed by atoms with Crippen molar-refractivity contribution < 1.29 is 4.79 Å². The highest BCUT2D eigenvalue weighted by Crippen LogP contribution is 2.41. The average molecular weight is 279 g/mol. The number of nitrogens with zero attached hydrogens (tertiary/aromatic N) is 1. The van der Waals surface area contributed by atoms with Gasteiger partial charge in [0.25, 0.3) is 0 Å². The van der Waals surface area contributed by atoms with E-state index in [1.165, 1.54) is 12.0 Å². The van der Waals surface area contributed by atoms with Crippen molar-refractivity contribution in [1.82, 2.24) is 4.98 Å². The number of aromatic nitrogens is 1. The first kappa shape index (κ1) is 14.0. The molecule has 1 heterocycles. The van der Waals surface area contributed by atoms with Gasteiger partial charge in [0.1, 0.15) is 0 Å². The Balaban J connectivity index is 2.07. The van der Waals surface area contributed by atoms with E-state index in [9.17, 15) is 4.79 Å². The van der Waals surface area contributed by atoms with Gasteiger partial charge in [-0.05, 0) is 49.1 Å². The van der Waals surface area contributed by atoms with Gasteiger partial charge in [-0.15, -0.1) is 0 Å². The molecule has 0 bridgehead atoms. The van der Waals surface area contributed by atoms with Crippen molar-refractivity contribution in [1.29, 1.82) is 0 Å². The first-order valence-corrected chi connectivity index (χ1v) is 7.58. The molecule has 108 valence electrons. The summed E-state index contributed by atoms with van der Waals surface area (Å²) in [5.74, 6) is 0.183. The summed E-state index contributed by atoms with van der Waals surface area (Å²) < 4.78 is 0. The molecule has 0 saturated heterocycles. The second kappa shape index (κ2) is 5.10. The topological polar surface area (TPSA) is 30.0 Å². The maximum atomic E-state index is 13.0. The third-order valence-electron chi connectivity index (χ3n) is 4.59. The summed E-state index contributed by atoms with van der Waals surface area (Å²) in [6.45, 7) is 6.48. The molecule has 0 saturated carbocycles. The lowest BCUT2D eigenvalue weighted by molar-refractivity contribution is 0.0998. The fourth-order valence-electron chi connectivity index (χ4n) is 3.49. The number of hydrogen-bond donors (Lipinski definition) is 0. The minimum Gasteiger partial charge on any atom is -0.289 e. The van der Waals surface area contributed by atoms with Crippen molar-refractivity contribution in [3.05, 3.63) is 53.4 Å². The Morgan fingerprint density at radius 2 is 2.00 bits per heavy atom. The summed E-state index contributed by atoms with van der Waals surface area (Å²) >= 11 is 0. The lowest BCUT2D eigenvalue weighted by Gasteiger charge is -2.33. The standard InChI is InChI=1S/C19H21NO/c1-13-5-4-9-19(2,3)17(13)18(21)15-7-6-14-8-10-20-12-16(14)11-15/h6-8,10-12H,4-5,9H2,1-3H3. The first-order chi connectivity index (χ1) is 9.99. The van der Waals surface area contributed by atoms with Crippen molar-refractivity contribution in [3.63, 3.8) is 0 Å². The Morgan fingerprint density at radius 3 is 2.76 bits per heavy atom. The Kier molecular flexibility index (Phi) is 3.40. The van der Waals surface area contributed by atoms with Gasteiger partial charge in [-0.25, -0.2) is 0 Å². The van der Waals surface area contributed by atoms with Crippen LogP contribution in [-0.2, 0) is 0 Å². The maximum Gasteiger partial charge on any atom is 0.189 e. The van der Waals surface area contributed by atoms with Gasteiger partial charge >= 0.3 is 0 Å². The van der Waals surface area contributed by atoms with Crippen LogP contribution in [-0.4, -0.2) is 10.8 Å². The zero-order chi connectivity index (χ0) is 15.0. The smallest absolute Gasteiger partial charge is 0.189 e. The molecular weight excluding hydrogens is 258 g/mol. The monoisotopic (exact) mass is 279 g/mol. The maximum absolute atomic E-state index is 13.0. The summed E-state index contributed by atoms with van der Waals surface area (Å²) in [5, 5.41) is 2.14. The molecule has 0 N–H and O–H groups in total. The van der Waals surface area contributed by atoms with Gasteiger partial charge in [-0.3, -0.25) is 9.78 Å². The van der Waals surface area contributed by atoms with Crippen LogP contribution in [0.3, 0.4) is 0 Å². The van der Waals surface area contributed by atoms with E-state index in [4.69, 9.17) is 0 Å². The van der Waals surface area contributed by atoms with E-state index in [1.807, 2.05) is 30.5 Å². The Morgan fingerprint density at radius 1 is 1.19 bits per heavy atom. The van der Waals surface area contributed by atoms with E-state index in [0.717, 1.165) is 34.8 Å². The van der Waals surface area contributed by atoms with Crippen LogP contribution in [0.5, 0.6) is 0 Å². The minimum atomic E-state index is -0.0245. The number of hydrogen-bond acceptors (Lipinski definition) is 2. The molecule has 2 heteroatoms. The van der Waals surface area contributed by atoms with Crippen LogP contribution in [0.2, 0.25) is 0 Å². The molecule has 0 atom stereocenters. The van der Waals surface area contributed by atoms with Gasteiger partial charge in [0.15, 0.2) is 5.78 Å². The van der Waals surface area contributed by atoms with Crippen LogP contribution in [0.25, 0.3) is 10.8 Å². The normalized spacial score (nSPS) is 18.0. The zero-order valence-electron chi connectivity index (χ0n) is 12.9. The van der Waals surface area contributed by atoms with Crippen LogP contribution in [0, 0.1) is 5.41 Å². The molecule has 2 nitrogen and oxygen atoms in total. The number of benzene rings is 1. The number of carbonyl (C=O) groups excluding carboxylic acids is 1. The van der Waals surface area contributed by atoms with Gasteiger partial charge in [-0.2, -0.15) is 0 Å². The average Bonchev–Trinajstić information content (AvgIpc) is 2.45. The molecule has 0 unspecified atom stereocenters. The molecule has 1 aromatic heterocycles. The van der Waals surface area contributed by atoms with Gasteiger partial charge in [-0.1, -0.05) is 31.6 Å². The van der Waals surface area contributed by atoms with Crippen molar-refractivity contribution in [2.24, 2.45) is 5.41 Å². The summed E-state index contributed by atoms with van der Waals surface area (Å²) in [5.41, 5.74) is 3.02. The first-order valence-electron chi connectivity index (χ1n) is 7.58. The van der Waals surface area contributed by atoms with Gasteiger partial charge in [0.05, 0.1) is 0 Å². The molecule has 1 aliphatic rings. The molecule has 1 aromatic carbocycles. The number of allylic oxidation sites excluding steroid dienone is 2. The van der Waals surface area contributed by atoms with Gasteiger partial charge in [0, 0.05) is 28.9 Å². The quantitative estimate of drug-likeness (QED) is 0.728. The number of carbonyl (C=O) groups is 1. The van der Waals surface area contributed by atoms with E-state index >= 15 is 0 Å². The van der Waals surface area contributed by atoms with Crippen LogP contribution < -0.4 is 0 Å². The molecule has 3 rings (SSSR count). The molecule has 21 heavy (non-hydrogen) atoms. The third kappa shape index (κ3) is 2.51. The number of rotatable bonds is 2. The van der Waals surface area contributed by atoms with E-state index in [1.54, 1.807) is 6.20 Å². The van der Waals surface area contributed by atoms with Crippen molar-refractivity contribution in [2.75, 3.05) is 0 Å². The predicted molar refractivity (Wildman–Crippen MR) is 86.4 cm³/mol. The van der Waals surface area contributed by atoms with Crippen molar-refractivity contribution in [3.8, 4) is 0 Å². The molecule has 0 aliphatic heterocycles. The number of pyridine rings is 1. The highest BCUT2D eigenvalue weighted by Gasteiger charge is 2.33. The Hall–Kier alpha value is -1.96. The van der Waals surface area contributed by atoms with Crippen molar-refractivity contribution in [2.45, 2.75) is 40.0 Å². The van der Waals surface area contributed by atoms with Gasteiger partial charge < -0.3 is 0 Å². The van der Waals surface area contributed by atoms with Crippen LogP contribution >= 0.6 is 0 Å². The SMILES string of the molecule is CC1=C(C(=O)c2ccc3ccncc3c2)C(C)(C)CCC1. The Labute approximate surface area is 125 Å². The van der Waals surface area contributed by atoms with E-state index in [-0.39, 0.29) is 11.2 Å². The molecule has 0 amide bonds. The minimum absolute atomic E-state index is 0.0245. The molecule has 0 fully saturated rings. The second-order valence-electron chi connectivity index (χ2n) is 6.66. The Bertz CT molecular complexity index is 740. The summed E-state index contributed by atoms with van der Waals surface area (Å²) in [7, 11) is 0. The molecule has 2 aromatic rings. The number of Topliss-reactive ketones (excluding diaryl/α,β-unsaturated/α-hetero) is 1. The molecular formula is C19H21NO. The van der Waals surface area contributed by atoms with Crippen LogP contribution in [0.1, 0.15) is 50.4 Å². The predicted octanol–water partition coefficient (Wildman–Crippen LogP) is 4.94.